The molecule has 1 atom stereocenters. The van der Waals surface area contributed by atoms with Crippen LogP contribution in [0, 0.1) is 0 Å². The molecular formula is C15H15F3N2O4. The van der Waals surface area contributed by atoms with Crippen LogP contribution < -0.4 is 4.74 Å². The summed E-state index contributed by atoms with van der Waals surface area (Å²) in [4.78, 5) is 27.2. The van der Waals surface area contributed by atoms with Crippen molar-refractivity contribution in [3.8, 4) is 5.75 Å². The summed E-state index contributed by atoms with van der Waals surface area (Å²) < 4.78 is 45.1. The van der Waals surface area contributed by atoms with Crippen molar-refractivity contribution < 1.29 is 32.2 Å². The van der Waals surface area contributed by atoms with Gasteiger partial charge in [0.2, 0.25) is 0 Å². The van der Waals surface area contributed by atoms with E-state index in [-0.39, 0.29) is 29.4 Å². The molecule has 0 N–H and O–H groups in total. The zero-order chi connectivity index (χ0) is 17.3. The van der Waals surface area contributed by atoms with E-state index in [1.807, 2.05) is 0 Å². The van der Waals surface area contributed by atoms with Gasteiger partial charge < -0.3 is 14.4 Å². The summed E-state index contributed by atoms with van der Waals surface area (Å²) in [7, 11) is 0. The van der Waals surface area contributed by atoms with Crippen molar-refractivity contribution in [2.24, 2.45) is 0 Å². The highest BCUT2D eigenvalue weighted by Crippen LogP contribution is 2.24. The van der Waals surface area contributed by atoms with E-state index in [2.05, 4.69) is 4.74 Å². The highest BCUT2D eigenvalue weighted by atomic mass is 19.4. The van der Waals surface area contributed by atoms with E-state index in [0.717, 1.165) is 12.1 Å². The molecule has 6 nitrogen and oxygen atoms in total. The first-order valence-corrected chi connectivity index (χ1v) is 7.42. The largest absolute Gasteiger partial charge is 0.573 e. The lowest BCUT2D eigenvalue weighted by atomic mass is 10.2. The van der Waals surface area contributed by atoms with Gasteiger partial charge in [0.05, 0.1) is 12.6 Å². The number of halogens is 3. The lowest BCUT2D eigenvalue weighted by Gasteiger charge is -2.22. The quantitative estimate of drug-likeness (QED) is 0.844. The van der Waals surface area contributed by atoms with Crippen molar-refractivity contribution in [3.63, 3.8) is 0 Å². The second-order valence-electron chi connectivity index (χ2n) is 5.57. The van der Waals surface area contributed by atoms with E-state index in [0.29, 0.717) is 32.7 Å². The van der Waals surface area contributed by atoms with Crippen LogP contribution in [0.4, 0.5) is 18.0 Å². The Balaban J connectivity index is 1.61. The van der Waals surface area contributed by atoms with Crippen LogP contribution >= 0.6 is 0 Å². The van der Waals surface area contributed by atoms with Gasteiger partial charge in [-0.25, -0.2) is 4.79 Å². The van der Waals surface area contributed by atoms with Crippen LogP contribution in [0.25, 0.3) is 0 Å². The van der Waals surface area contributed by atoms with Crippen LogP contribution in [0.5, 0.6) is 5.75 Å². The van der Waals surface area contributed by atoms with Crippen LogP contribution in [-0.4, -0.2) is 60.4 Å². The number of carbonyl (C=O) groups excluding carboxylic acids is 2. The fourth-order valence-corrected chi connectivity index (χ4v) is 2.90. The molecule has 2 fully saturated rings. The third-order valence-electron chi connectivity index (χ3n) is 4.02. The molecule has 130 valence electrons. The van der Waals surface area contributed by atoms with Gasteiger partial charge in [-0.1, -0.05) is 0 Å². The van der Waals surface area contributed by atoms with Crippen LogP contribution in [0.1, 0.15) is 16.8 Å². The maximum atomic E-state index is 12.4. The zero-order valence-corrected chi connectivity index (χ0v) is 12.6. The average molecular weight is 344 g/mol. The Hall–Kier alpha value is -2.45. The topological polar surface area (TPSA) is 59.1 Å². The summed E-state index contributed by atoms with van der Waals surface area (Å²) in [6.07, 6.45) is -4.49. The number of carbonyl (C=O) groups is 2. The Morgan fingerprint density at radius 2 is 1.92 bits per heavy atom. The highest BCUT2D eigenvalue weighted by molar-refractivity contribution is 5.94. The van der Waals surface area contributed by atoms with Crippen LogP contribution in [-0.2, 0) is 4.74 Å². The molecule has 0 spiro atoms. The number of cyclic esters (lactones) is 1. The molecule has 2 aliphatic rings. The van der Waals surface area contributed by atoms with Crippen molar-refractivity contribution >= 4 is 12.0 Å². The van der Waals surface area contributed by atoms with Gasteiger partial charge >= 0.3 is 12.5 Å². The summed E-state index contributed by atoms with van der Waals surface area (Å²) in [6, 6.07) is 4.71. The minimum absolute atomic E-state index is 0.0863. The summed E-state index contributed by atoms with van der Waals surface area (Å²) in [6.45, 7) is 1.72. The molecule has 1 aromatic rings. The number of rotatable bonds is 3. The standard InChI is InChI=1S/C15H15F3N2O4/c16-15(17,18)24-12-3-1-10(2-4-12)13(21)19-6-5-11(9-19)20-7-8-23-14(20)22/h1-4,11H,5-9H2/t11-/m1/s1. The van der Waals surface area contributed by atoms with Gasteiger partial charge in [-0.3, -0.25) is 9.69 Å². The molecule has 2 amide bonds. The van der Waals surface area contributed by atoms with E-state index in [4.69, 9.17) is 4.74 Å². The number of likely N-dealkylation sites (tertiary alicyclic amines) is 1. The van der Waals surface area contributed by atoms with Crippen molar-refractivity contribution in [1.82, 2.24) is 9.80 Å². The number of hydrogen-bond acceptors (Lipinski definition) is 4. The summed E-state index contributed by atoms with van der Waals surface area (Å²) in [5.41, 5.74) is 0.272. The normalized spacial score (nSPS) is 21.1. The summed E-state index contributed by atoms with van der Waals surface area (Å²) in [5.74, 6) is -0.665. The first kappa shape index (κ1) is 16.4. The molecule has 0 bridgehead atoms. The lowest BCUT2D eigenvalue weighted by molar-refractivity contribution is -0.274. The van der Waals surface area contributed by atoms with Gasteiger partial charge in [-0.15, -0.1) is 13.2 Å². The maximum Gasteiger partial charge on any atom is 0.573 e. The second-order valence-corrected chi connectivity index (χ2v) is 5.57. The number of alkyl halides is 3. The van der Waals surface area contributed by atoms with Crippen LogP contribution in [0.2, 0.25) is 0 Å². The molecular weight excluding hydrogens is 329 g/mol. The monoisotopic (exact) mass is 344 g/mol. The molecule has 0 aromatic heterocycles. The van der Waals surface area contributed by atoms with Crippen molar-refractivity contribution in [1.29, 1.82) is 0 Å². The van der Waals surface area contributed by atoms with Crippen molar-refractivity contribution in [2.75, 3.05) is 26.2 Å². The third kappa shape index (κ3) is 3.55. The number of ether oxygens (including phenoxy) is 2. The van der Waals surface area contributed by atoms with Crippen molar-refractivity contribution in [2.45, 2.75) is 18.8 Å². The maximum absolute atomic E-state index is 12.4. The zero-order valence-electron chi connectivity index (χ0n) is 12.6. The van der Waals surface area contributed by atoms with Gasteiger partial charge in [0.25, 0.3) is 5.91 Å². The lowest BCUT2D eigenvalue weighted by Crippen LogP contribution is -2.39. The Bertz CT molecular complexity index is 633. The second kappa shape index (κ2) is 6.21. The predicted octanol–water partition coefficient (Wildman–Crippen LogP) is 2.25. The number of amides is 2. The number of nitrogens with zero attached hydrogens (tertiary/aromatic N) is 2. The molecule has 2 aliphatic heterocycles. The Morgan fingerprint density at radius 1 is 1.21 bits per heavy atom. The molecule has 1 aromatic carbocycles. The van der Waals surface area contributed by atoms with Gasteiger partial charge in [0.1, 0.15) is 12.4 Å². The molecule has 0 unspecified atom stereocenters. The molecule has 0 saturated carbocycles. The van der Waals surface area contributed by atoms with E-state index in [9.17, 15) is 22.8 Å². The molecule has 0 aliphatic carbocycles. The smallest absolute Gasteiger partial charge is 0.448 e. The SMILES string of the molecule is O=C(c1ccc(OC(F)(F)F)cc1)N1CC[C@@H](N2CCOC2=O)C1. The van der Waals surface area contributed by atoms with E-state index >= 15 is 0 Å². The van der Waals surface area contributed by atoms with Crippen LogP contribution in [0.15, 0.2) is 24.3 Å². The molecule has 9 heteroatoms. The third-order valence-corrected chi connectivity index (χ3v) is 4.02. The Labute approximate surface area is 135 Å². The summed E-state index contributed by atoms with van der Waals surface area (Å²) in [5, 5.41) is 0. The minimum atomic E-state index is -4.77. The van der Waals surface area contributed by atoms with Gasteiger partial charge in [-0.2, -0.15) is 0 Å². The fourth-order valence-electron chi connectivity index (χ4n) is 2.90. The summed E-state index contributed by atoms with van der Waals surface area (Å²) >= 11 is 0. The van der Waals surface area contributed by atoms with Crippen LogP contribution in [0.3, 0.4) is 0 Å². The number of hydrogen-bond donors (Lipinski definition) is 0. The Kier molecular flexibility index (Phi) is 4.25. The van der Waals surface area contributed by atoms with Gasteiger partial charge in [0.15, 0.2) is 0 Å². The molecule has 2 saturated heterocycles. The number of benzene rings is 1. The first-order valence-electron chi connectivity index (χ1n) is 7.42. The average Bonchev–Trinajstić information content (AvgIpc) is 3.14. The molecule has 24 heavy (non-hydrogen) atoms. The minimum Gasteiger partial charge on any atom is -0.448 e. The van der Waals surface area contributed by atoms with Crippen molar-refractivity contribution in [3.05, 3.63) is 29.8 Å². The first-order chi connectivity index (χ1) is 11.3. The predicted molar refractivity (Wildman–Crippen MR) is 75.5 cm³/mol. The van der Waals surface area contributed by atoms with E-state index in [1.165, 1.54) is 12.1 Å². The molecule has 2 heterocycles. The van der Waals surface area contributed by atoms with Gasteiger partial charge in [0, 0.05) is 18.7 Å². The fraction of sp³-hybridized carbons (Fsp3) is 0.467. The van der Waals surface area contributed by atoms with E-state index in [1.54, 1.807) is 9.80 Å². The Morgan fingerprint density at radius 3 is 2.50 bits per heavy atom. The van der Waals surface area contributed by atoms with Gasteiger partial charge in [-0.05, 0) is 30.7 Å². The highest BCUT2D eigenvalue weighted by Gasteiger charge is 2.36. The van der Waals surface area contributed by atoms with E-state index < -0.39 is 6.36 Å². The molecule has 0 radical (unpaired) electrons. The molecule has 3 rings (SSSR count).